The summed E-state index contributed by atoms with van der Waals surface area (Å²) in [5.41, 5.74) is 1.63. The number of hydrogen-bond donors (Lipinski definition) is 0. The second-order valence-corrected chi connectivity index (χ2v) is 5.07. The van der Waals surface area contributed by atoms with Crippen LogP contribution >= 0.6 is 15.9 Å². The van der Waals surface area contributed by atoms with Crippen LogP contribution in [0.5, 0.6) is 0 Å². The molecule has 0 aliphatic heterocycles. The van der Waals surface area contributed by atoms with E-state index in [9.17, 15) is 13.6 Å². The van der Waals surface area contributed by atoms with Crippen molar-refractivity contribution in [3.63, 3.8) is 0 Å². The fourth-order valence-electron chi connectivity index (χ4n) is 1.80. The lowest BCUT2D eigenvalue weighted by atomic mass is 10.0. The zero-order chi connectivity index (χ0) is 14.0. The van der Waals surface area contributed by atoms with E-state index in [2.05, 4.69) is 15.9 Å². The molecule has 0 saturated heterocycles. The summed E-state index contributed by atoms with van der Waals surface area (Å²) in [5.74, 6) is -1.55. The summed E-state index contributed by atoms with van der Waals surface area (Å²) in [4.78, 5) is 12.1. The van der Waals surface area contributed by atoms with E-state index in [-0.39, 0.29) is 17.8 Å². The second kappa shape index (κ2) is 5.61. The van der Waals surface area contributed by atoms with Crippen molar-refractivity contribution in [2.75, 3.05) is 0 Å². The zero-order valence-corrected chi connectivity index (χ0v) is 11.8. The summed E-state index contributed by atoms with van der Waals surface area (Å²) in [6, 6.07) is 8.56. The Kier molecular flexibility index (Phi) is 4.10. The van der Waals surface area contributed by atoms with Crippen molar-refractivity contribution >= 4 is 21.7 Å². The molecule has 0 amide bonds. The lowest BCUT2D eigenvalue weighted by molar-refractivity contribution is 0.0991. The van der Waals surface area contributed by atoms with Gasteiger partial charge in [0.05, 0.1) is 0 Å². The van der Waals surface area contributed by atoms with Crippen LogP contribution in [-0.2, 0) is 6.42 Å². The van der Waals surface area contributed by atoms with Gasteiger partial charge in [0.2, 0.25) is 0 Å². The molecule has 1 nitrogen and oxygen atoms in total. The Labute approximate surface area is 118 Å². The largest absolute Gasteiger partial charge is 0.294 e. The predicted molar refractivity (Wildman–Crippen MR) is 73.3 cm³/mol. The van der Waals surface area contributed by atoms with Gasteiger partial charge in [0.25, 0.3) is 0 Å². The van der Waals surface area contributed by atoms with Gasteiger partial charge in [0.15, 0.2) is 5.78 Å². The highest BCUT2D eigenvalue weighted by molar-refractivity contribution is 9.10. The smallest absolute Gasteiger partial charge is 0.168 e. The number of halogens is 3. The molecule has 0 fully saturated rings. The highest BCUT2D eigenvalue weighted by atomic mass is 79.9. The Balaban J connectivity index is 2.28. The van der Waals surface area contributed by atoms with Gasteiger partial charge in [-0.2, -0.15) is 0 Å². The molecular formula is C15H11BrF2O. The molecule has 2 aromatic rings. The SMILES string of the molecule is Cc1cccc(C(=O)Cc2ccc(F)cc2F)c1Br. The summed E-state index contributed by atoms with van der Waals surface area (Å²) >= 11 is 3.35. The monoisotopic (exact) mass is 324 g/mol. The minimum atomic E-state index is -0.697. The van der Waals surface area contributed by atoms with E-state index in [1.54, 1.807) is 12.1 Å². The Bertz CT molecular complexity index is 638. The topological polar surface area (TPSA) is 17.1 Å². The molecule has 0 saturated carbocycles. The maximum atomic E-state index is 13.5. The van der Waals surface area contributed by atoms with Gasteiger partial charge in [-0.05, 0) is 40.0 Å². The summed E-state index contributed by atoms with van der Waals surface area (Å²) in [6.45, 7) is 1.87. The Morgan fingerprint density at radius 2 is 1.95 bits per heavy atom. The van der Waals surface area contributed by atoms with Gasteiger partial charge in [-0.1, -0.05) is 24.3 Å². The van der Waals surface area contributed by atoms with E-state index >= 15 is 0 Å². The van der Waals surface area contributed by atoms with E-state index in [4.69, 9.17) is 0 Å². The standard InChI is InChI=1S/C15H11BrF2O/c1-9-3-2-4-12(15(9)16)14(19)7-10-5-6-11(17)8-13(10)18/h2-6,8H,7H2,1H3. The minimum absolute atomic E-state index is 0.0891. The predicted octanol–water partition coefficient (Wildman–Crippen LogP) is 4.46. The molecule has 2 rings (SSSR count). The van der Waals surface area contributed by atoms with Gasteiger partial charge in [0.1, 0.15) is 11.6 Å². The maximum Gasteiger partial charge on any atom is 0.168 e. The van der Waals surface area contributed by atoms with Crippen LogP contribution in [0.3, 0.4) is 0 Å². The first-order valence-electron chi connectivity index (χ1n) is 5.71. The molecule has 2 aromatic carbocycles. The molecule has 0 aliphatic rings. The molecule has 0 radical (unpaired) electrons. The molecule has 0 heterocycles. The molecule has 0 atom stereocenters. The number of rotatable bonds is 3. The molecule has 0 aliphatic carbocycles. The molecule has 0 aromatic heterocycles. The molecule has 19 heavy (non-hydrogen) atoms. The third kappa shape index (κ3) is 3.07. The van der Waals surface area contributed by atoms with E-state index < -0.39 is 11.6 Å². The van der Waals surface area contributed by atoms with Crippen LogP contribution in [-0.4, -0.2) is 5.78 Å². The molecule has 0 unspecified atom stereocenters. The van der Waals surface area contributed by atoms with Crippen LogP contribution in [0.25, 0.3) is 0 Å². The number of carbonyl (C=O) groups excluding carboxylic acids is 1. The van der Waals surface area contributed by atoms with Crippen LogP contribution in [0.15, 0.2) is 40.9 Å². The molecule has 4 heteroatoms. The summed E-state index contributed by atoms with van der Waals surface area (Å²) in [6.07, 6.45) is -0.0891. The lowest BCUT2D eigenvalue weighted by Gasteiger charge is -2.07. The fraction of sp³-hybridized carbons (Fsp3) is 0.133. The first-order chi connectivity index (χ1) is 8.99. The molecule has 0 spiro atoms. The van der Waals surface area contributed by atoms with Crippen molar-refractivity contribution in [2.45, 2.75) is 13.3 Å². The fourth-order valence-corrected chi connectivity index (χ4v) is 2.28. The molecule has 98 valence electrons. The minimum Gasteiger partial charge on any atom is -0.294 e. The van der Waals surface area contributed by atoms with Crippen molar-refractivity contribution < 1.29 is 13.6 Å². The van der Waals surface area contributed by atoms with E-state index in [1.807, 2.05) is 13.0 Å². The van der Waals surface area contributed by atoms with Crippen LogP contribution in [0.4, 0.5) is 8.78 Å². The van der Waals surface area contributed by atoms with E-state index in [0.29, 0.717) is 10.0 Å². The summed E-state index contributed by atoms with van der Waals surface area (Å²) in [7, 11) is 0. The van der Waals surface area contributed by atoms with Crippen molar-refractivity contribution in [2.24, 2.45) is 0 Å². The van der Waals surface area contributed by atoms with Gasteiger partial charge in [-0.25, -0.2) is 8.78 Å². The first-order valence-corrected chi connectivity index (χ1v) is 6.50. The number of carbonyl (C=O) groups is 1. The normalized spacial score (nSPS) is 10.5. The molecule has 0 bridgehead atoms. The van der Waals surface area contributed by atoms with E-state index in [1.165, 1.54) is 6.07 Å². The lowest BCUT2D eigenvalue weighted by Crippen LogP contribution is -2.07. The van der Waals surface area contributed by atoms with Crippen molar-refractivity contribution in [1.82, 2.24) is 0 Å². The number of ketones is 1. The van der Waals surface area contributed by atoms with Crippen molar-refractivity contribution in [3.8, 4) is 0 Å². The third-order valence-corrected chi connectivity index (χ3v) is 3.91. The average molecular weight is 325 g/mol. The van der Waals surface area contributed by atoms with E-state index in [0.717, 1.165) is 17.7 Å². The van der Waals surface area contributed by atoms with Crippen LogP contribution in [0, 0.1) is 18.6 Å². The second-order valence-electron chi connectivity index (χ2n) is 4.27. The first kappa shape index (κ1) is 13.9. The quantitative estimate of drug-likeness (QED) is 0.762. The number of hydrogen-bond acceptors (Lipinski definition) is 1. The van der Waals surface area contributed by atoms with Crippen LogP contribution < -0.4 is 0 Å². The summed E-state index contributed by atoms with van der Waals surface area (Å²) < 4.78 is 27.0. The Morgan fingerprint density at radius 1 is 1.21 bits per heavy atom. The summed E-state index contributed by atoms with van der Waals surface area (Å²) in [5, 5.41) is 0. The van der Waals surface area contributed by atoms with Crippen LogP contribution in [0.2, 0.25) is 0 Å². The van der Waals surface area contributed by atoms with Gasteiger partial charge in [-0.15, -0.1) is 0 Å². The van der Waals surface area contributed by atoms with Gasteiger partial charge >= 0.3 is 0 Å². The number of aryl methyl sites for hydroxylation is 1. The number of benzene rings is 2. The van der Waals surface area contributed by atoms with Crippen LogP contribution in [0.1, 0.15) is 21.5 Å². The van der Waals surface area contributed by atoms with Gasteiger partial charge in [-0.3, -0.25) is 4.79 Å². The Hall–Kier alpha value is -1.55. The third-order valence-electron chi connectivity index (χ3n) is 2.86. The highest BCUT2D eigenvalue weighted by Gasteiger charge is 2.14. The highest BCUT2D eigenvalue weighted by Crippen LogP contribution is 2.23. The van der Waals surface area contributed by atoms with Gasteiger partial charge in [0, 0.05) is 22.5 Å². The number of Topliss-reactive ketones (excluding diaryl/α,β-unsaturated/α-hetero) is 1. The zero-order valence-electron chi connectivity index (χ0n) is 10.2. The molecule has 0 N–H and O–H groups in total. The average Bonchev–Trinajstić information content (AvgIpc) is 2.36. The maximum absolute atomic E-state index is 13.5. The Morgan fingerprint density at radius 3 is 2.63 bits per heavy atom. The van der Waals surface area contributed by atoms with Gasteiger partial charge < -0.3 is 0 Å². The molecular weight excluding hydrogens is 314 g/mol. The van der Waals surface area contributed by atoms with Crippen molar-refractivity contribution in [1.29, 1.82) is 0 Å². The van der Waals surface area contributed by atoms with Crippen molar-refractivity contribution in [3.05, 3.63) is 69.2 Å².